The van der Waals surface area contributed by atoms with Gasteiger partial charge in [0.2, 0.25) is 0 Å². The molecule has 162 valence electrons. The summed E-state index contributed by atoms with van der Waals surface area (Å²) in [6.07, 6.45) is 3.57. The van der Waals surface area contributed by atoms with Gasteiger partial charge in [-0.1, -0.05) is 18.2 Å². The van der Waals surface area contributed by atoms with E-state index in [9.17, 15) is 9.59 Å². The normalized spacial score (nSPS) is 17.9. The molecule has 2 aromatic carbocycles. The summed E-state index contributed by atoms with van der Waals surface area (Å²) in [5.74, 6) is 0.596. The van der Waals surface area contributed by atoms with Gasteiger partial charge in [-0.25, -0.2) is 4.79 Å². The fourth-order valence-electron chi connectivity index (χ4n) is 4.70. The first kappa shape index (κ1) is 20.1. The zero-order chi connectivity index (χ0) is 22.2. The second-order valence-electron chi connectivity index (χ2n) is 8.41. The van der Waals surface area contributed by atoms with Crippen LogP contribution < -0.4 is 15.5 Å². The van der Waals surface area contributed by atoms with E-state index in [0.717, 1.165) is 35.4 Å². The number of carbonyl (C=O) groups excluding carboxylic acids is 2. The molecule has 1 aromatic heterocycles. The van der Waals surface area contributed by atoms with Crippen molar-refractivity contribution in [3.8, 4) is 0 Å². The molecule has 1 atom stereocenters. The molecule has 0 saturated heterocycles. The molecule has 32 heavy (non-hydrogen) atoms. The third kappa shape index (κ3) is 3.58. The smallest absolute Gasteiger partial charge is 0.327 e. The molecule has 3 aromatic rings. The third-order valence-electron chi connectivity index (χ3n) is 5.94. The van der Waals surface area contributed by atoms with Crippen LogP contribution in [0.5, 0.6) is 0 Å². The van der Waals surface area contributed by atoms with Gasteiger partial charge >= 0.3 is 6.03 Å². The molecule has 6 heteroatoms. The summed E-state index contributed by atoms with van der Waals surface area (Å²) in [6.45, 7) is 3.99. The van der Waals surface area contributed by atoms with E-state index in [-0.39, 0.29) is 11.8 Å². The average Bonchev–Trinajstić information content (AvgIpc) is 3.22. The molecule has 1 aliphatic heterocycles. The van der Waals surface area contributed by atoms with Crippen molar-refractivity contribution in [2.24, 2.45) is 0 Å². The number of hydrogen-bond acceptors (Lipinski definition) is 4. The zero-order valence-corrected chi connectivity index (χ0v) is 18.1. The minimum absolute atomic E-state index is 0.0390. The van der Waals surface area contributed by atoms with Gasteiger partial charge in [0.25, 0.3) is 0 Å². The van der Waals surface area contributed by atoms with Crippen LogP contribution in [0.2, 0.25) is 0 Å². The summed E-state index contributed by atoms with van der Waals surface area (Å²) < 4.78 is 5.77. The Morgan fingerprint density at radius 3 is 2.59 bits per heavy atom. The number of hydrogen-bond donors (Lipinski definition) is 2. The van der Waals surface area contributed by atoms with Crippen LogP contribution in [0.4, 0.5) is 21.9 Å². The van der Waals surface area contributed by atoms with Crippen molar-refractivity contribution in [1.82, 2.24) is 0 Å². The number of urea groups is 1. The lowest BCUT2D eigenvalue weighted by Gasteiger charge is -2.32. The molecule has 0 fully saturated rings. The van der Waals surface area contributed by atoms with Gasteiger partial charge in [-0.05, 0) is 74.2 Å². The molecule has 2 amide bonds. The van der Waals surface area contributed by atoms with Gasteiger partial charge in [0, 0.05) is 23.4 Å². The number of rotatable bonds is 2. The van der Waals surface area contributed by atoms with E-state index in [1.165, 1.54) is 0 Å². The molecule has 0 bridgehead atoms. The Balaban J connectivity index is 1.67. The van der Waals surface area contributed by atoms with Crippen LogP contribution in [0.15, 0.2) is 76.5 Å². The van der Waals surface area contributed by atoms with Gasteiger partial charge in [0.1, 0.15) is 11.8 Å². The van der Waals surface area contributed by atoms with Gasteiger partial charge in [-0.15, -0.1) is 0 Å². The van der Waals surface area contributed by atoms with Crippen molar-refractivity contribution in [1.29, 1.82) is 0 Å². The highest BCUT2D eigenvalue weighted by molar-refractivity contribution is 6.09. The standard InChI is InChI=1S/C26H25N3O3/c1-16-13-17(2)15-18(14-16)27-26(31)29-21-9-4-3-7-19(21)28-20-8-5-10-22(30)24(20)25(29)23-11-6-12-32-23/h3-4,6-7,9,11-15,25,28H,5,8,10H2,1-2H3,(H,27,31)/t25-/m1/s1. The number of nitrogens with zero attached hydrogens (tertiary/aromatic N) is 1. The lowest BCUT2D eigenvalue weighted by molar-refractivity contribution is -0.116. The molecule has 2 aliphatic rings. The largest absolute Gasteiger partial charge is 0.467 e. The van der Waals surface area contributed by atoms with Crippen molar-refractivity contribution in [3.63, 3.8) is 0 Å². The number of nitrogens with one attached hydrogen (secondary N) is 2. The predicted octanol–water partition coefficient (Wildman–Crippen LogP) is 6.11. The molecule has 2 heterocycles. The van der Waals surface area contributed by atoms with E-state index < -0.39 is 6.04 Å². The van der Waals surface area contributed by atoms with Gasteiger partial charge in [0.05, 0.1) is 17.6 Å². The minimum Gasteiger partial charge on any atom is -0.467 e. The number of fused-ring (bicyclic) bond motifs is 1. The number of para-hydroxylation sites is 2. The van der Waals surface area contributed by atoms with Gasteiger partial charge in [-0.2, -0.15) is 0 Å². The first-order chi connectivity index (χ1) is 15.5. The number of carbonyl (C=O) groups is 2. The van der Waals surface area contributed by atoms with E-state index >= 15 is 0 Å². The van der Waals surface area contributed by atoms with E-state index in [1.807, 2.05) is 56.3 Å². The highest BCUT2D eigenvalue weighted by Gasteiger charge is 2.41. The second-order valence-corrected chi connectivity index (χ2v) is 8.41. The average molecular weight is 428 g/mol. The van der Waals surface area contributed by atoms with Crippen LogP contribution in [0.25, 0.3) is 0 Å². The fraction of sp³-hybridized carbons (Fsp3) is 0.231. The third-order valence-corrected chi connectivity index (χ3v) is 5.94. The summed E-state index contributed by atoms with van der Waals surface area (Å²) in [6, 6.07) is 16.2. The number of benzene rings is 2. The van der Waals surface area contributed by atoms with E-state index in [4.69, 9.17) is 4.42 Å². The van der Waals surface area contributed by atoms with Crippen molar-refractivity contribution in [2.45, 2.75) is 39.2 Å². The van der Waals surface area contributed by atoms with Crippen molar-refractivity contribution in [2.75, 3.05) is 15.5 Å². The number of anilines is 3. The molecule has 2 N–H and O–H groups in total. The molecule has 0 radical (unpaired) electrons. The number of aryl methyl sites for hydroxylation is 2. The Labute approximate surface area is 186 Å². The Kier molecular flexibility index (Phi) is 5.05. The molecular formula is C26H25N3O3. The topological polar surface area (TPSA) is 74.6 Å². The molecule has 6 nitrogen and oxygen atoms in total. The maximum absolute atomic E-state index is 13.8. The van der Waals surface area contributed by atoms with Crippen LogP contribution in [-0.2, 0) is 4.79 Å². The quantitative estimate of drug-likeness (QED) is 0.517. The van der Waals surface area contributed by atoms with Crippen LogP contribution in [0.1, 0.15) is 42.2 Å². The summed E-state index contributed by atoms with van der Waals surface area (Å²) in [5, 5.41) is 6.49. The van der Waals surface area contributed by atoms with E-state index in [0.29, 0.717) is 29.1 Å². The van der Waals surface area contributed by atoms with Crippen LogP contribution in [0, 0.1) is 13.8 Å². The Morgan fingerprint density at radius 1 is 1.06 bits per heavy atom. The maximum atomic E-state index is 13.8. The summed E-state index contributed by atoms with van der Waals surface area (Å²) >= 11 is 0. The number of allylic oxidation sites excluding steroid dienone is 1. The van der Waals surface area contributed by atoms with Crippen LogP contribution in [0.3, 0.4) is 0 Å². The summed E-state index contributed by atoms with van der Waals surface area (Å²) in [5.41, 5.74) is 5.78. The molecule has 5 rings (SSSR count). The van der Waals surface area contributed by atoms with Crippen LogP contribution in [-0.4, -0.2) is 11.8 Å². The summed E-state index contributed by atoms with van der Waals surface area (Å²) in [4.78, 5) is 28.6. The zero-order valence-electron chi connectivity index (χ0n) is 18.1. The highest BCUT2D eigenvalue weighted by atomic mass is 16.3. The van der Waals surface area contributed by atoms with Crippen LogP contribution >= 0.6 is 0 Å². The van der Waals surface area contributed by atoms with Gasteiger partial charge < -0.3 is 15.1 Å². The first-order valence-corrected chi connectivity index (χ1v) is 10.9. The van der Waals surface area contributed by atoms with Crippen molar-refractivity contribution >= 4 is 28.9 Å². The molecular weight excluding hydrogens is 402 g/mol. The number of ketones is 1. The van der Waals surface area contributed by atoms with E-state index in [2.05, 4.69) is 16.7 Å². The van der Waals surface area contributed by atoms with Crippen molar-refractivity contribution < 1.29 is 14.0 Å². The molecule has 0 spiro atoms. The molecule has 0 unspecified atom stereocenters. The highest BCUT2D eigenvalue weighted by Crippen LogP contribution is 2.45. The van der Waals surface area contributed by atoms with Gasteiger partial charge in [-0.3, -0.25) is 9.69 Å². The summed E-state index contributed by atoms with van der Waals surface area (Å²) in [7, 11) is 0. The maximum Gasteiger partial charge on any atom is 0.327 e. The van der Waals surface area contributed by atoms with Crippen molar-refractivity contribution in [3.05, 3.63) is 89.0 Å². The number of amides is 2. The Morgan fingerprint density at radius 2 is 1.84 bits per heavy atom. The van der Waals surface area contributed by atoms with E-state index in [1.54, 1.807) is 17.2 Å². The minimum atomic E-state index is -0.658. The fourth-order valence-corrected chi connectivity index (χ4v) is 4.70. The number of furan rings is 1. The monoisotopic (exact) mass is 427 g/mol. The first-order valence-electron chi connectivity index (χ1n) is 10.9. The second kappa shape index (κ2) is 8.04. The Bertz CT molecular complexity index is 1210. The lowest BCUT2D eigenvalue weighted by atomic mass is 9.88. The van der Waals surface area contributed by atoms with Gasteiger partial charge in [0.15, 0.2) is 5.78 Å². The molecule has 0 saturated carbocycles. The lowest BCUT2D eigenvalue weighted by Crippen LogP contribution is -2.40. The Hall–Kier alpha value is -3.80. The molecule has 1 aliphatic carbocycles. The predicted molar refractivity (Wildman–Crippen MR) is 125 cm³/mol. The SMILES string of the molecule is Cc1cc(C)cc(NC(=O)N2c3ccccc3NC3=C(C(=O)CCC3)[C@H]2c2ccco2)c1. The number of Topliss-reactive ketones (excluding diaryl/α,β-unsaturated/α-hetero) is 1.